The van der Waals surface area contributed by atoms with Crippen molar-refractivity contribution < 1.29 is 23.9 Å². The summed E-state index contributed by atoms with van der Waals surface area (Å²) in [6.45, 7) is 4.93. The highest BCUT2D eigenvalue weighted by molar-refractivity contribution is 6.35. The fourth-order valence-corrected chi connectivity index (χ4v) is 2.27. The first-order valence-electron chi connectivity index (χ1n) is 8.10. The smallest absolute Gasteiger partial charge is 0.347 e. The first-order chi connectivity index (χ1) is 12.2. The van der Waals surface area contributed by atoms with Crippen molar-refractivity contribution in [2.24, 2.45) is 0 Å². The summed E-state index contributed by atoms with van der Waals surface area (Å²) < 4.78 is 10.3. The molecule has 26 heavy (non-hydrogen) atoms. The Balaban J connectivity index is 2.42. The maximum Gasteiger partial charge on any atom is 0.347 e. The van der Waals surface area contributed by atoms with Gasteiger partial charge < -0.3 is 20.1 Å². The minimum absolute atomic E-state index is 0.252. The minimum Gasteiger partial charge on any atom is -0.477 e. The molecule has 0 fully saturated rings. The van der Waals surface area contributed by atoms with Crippen LogP contribution in [0.15, 0.2) is 18.2 Å². The maximum atomic E-state index is 11.9. The first-order valence-corrected chi connectivity index (χ1v) is 8.85. The number of nitrogens with one attached hydrogen (secondary N) is 2. The summed E-state index contributed by atoms with van der Waals surface area (Å²) in [5.74, 6) is -1.37. The zero-order chi connectivity index (χ0) is 19.7. The van der Waals surface area contributed by atoms with Crippen molar-refractivity contribution in [2.75, 3.05) is 13.2 Å². The summed E-state index contributed by atoms with van der Waals surface area (Å²) in [4.78, 5) is 35.3. The van der Waals surface area contributed by atoms with Crippen molar-refractivity contribution in [2.45, 2.75) is 39.3 Å². The third-order valence-corrected chi connectivity index (χ3v) is 3.73. The summed E-state index contributed by atoms with van der Waals surface area (Å²) in [5.41, 5.74) is 0. The molecule has 0 aliphatic carbocycles. The number of esters is 1. The summed E-state index contributed by atoms with van der Waals surface area (Å²) in [6.07, 6.45) is -0.189. The molecule has 144 valence electrons. The van der Waals surface area contributed by atoms with Gasteiger partial charge in [-0.1, -0.05) is 30.1 Å². The van der Waals surface area contributed by atoms with E-state index < -0.39 is 30.6 Å². The Morgan fingerprint density at radius 3 is 2.50 bits per heavy atom. The molecule has 0 unspecified atom stereocenters. The van der Waals surface area contributed by atoms with E-state index in [4.69, 9.17) is 32.7 Å². The van der Waals surface area contributed by atoms with Gasteiger partial charge in [0.2, 0.25) is 5.91 Å². The van der Waals surface area contributed by atoms with Gasteiger partial charge in [0.25, 0.3) is 5.91 Å². The fourth-order valence-electron chi connectivity index (χ4n) is 1.81. The quantitative estimate of drug-likeness (QED) is 0.616. The van der Waals surface area contributed by atoms with Crippen LogP contribution in [0.3, 0.4) is 0 Å². The topological polar surface area (TPSA) is 93.7 Å². The molecule has 2 atom stereocenters. The fraction of sp³-hybridized carbons (Fsp3) is 0.471. The Bertz CT molecular complexity index is 654. The van der Waals surface area contributed by atoms with Gasteiger partial charge in [-0.15, -0.1) is 0 Å². The second-order valence-corrected chi connectivity index (χ2v) is 6.37. The number of hydrogen-bond donors (Lipinski definition) is 2. The molecule has 7 nitrogen and oxygen atoms in total. The third-order valence-electron chi connectivity index (χ3n) is 3.20. The lowest BCUT2D eigenvalue weighted by Crippen LogP contribution is -2.46. The molecule has 0 radical (unpaired) electrons. The van der Waals surface area contributed by atoms with E-state index in [0.29, 0.717) is 11.6 Å². The maximum absolute atomic E-state index is 11.9. The molecule has 0 saturated carbocycles. The molecule has 0 bridgehead atoms. The van der Waals surface area contributed by atoms with E-state index in [0.717, 1.165) is 6.42 Å². The Morgan fingerprint density at radius 1 is 1.19 bits per heavy atom. The highest BCUT2D eigenvalue weighted by Crippen LogP contribution is 2.28. The first kappa shape index (κ1) is 22.1. The van der Waals surface area contributed by atoms with Crippen LogP contribution in [-0.2, 0) is 19.1 Å². The Morgan fingerprint density at radius 2 is 1.88 bits per heavy atom. The molecule has 1 aromatic carbocycles. The zero-order valence-corrected chi connectivity index (χ0v) is 16.3. The molecule has 0 spiro atoms. The van der Waals surface area contributed by atoms with E-state index in [9.17, 15) is 14.4 Å². The average Bonchev–Trinajstić information content (AvgIpc) is 2.59. The second kappa shape index (κ2) is 10.9. The number of carbonyl (C=O) groups excluding carboxylic acids is 3. The summed E-state index contributed by atoms with van der Waals surface area (Å²) in [6, 6.07) is 3.85. The number of amides is 2. The standard InChI is InChI=1S/C17H22Cl2N2O5/c1-4-7-20-16(23)10(2)21-15(22)9-25-17(24)11(3)26-14-6-5-12(18)8-13(14)19/h5-6,8,10-11H,4,7,9H2,1-3H3,(H,20,23)(H,21,22)/t10-,11-/m0/s1. The average molecular weight is 405 g/mol. The summed E-state index contributed by atoms with van der Waals surface area (Å²) in [5, 5.41) is 5.78. The number of carbonyl (C=O) groups is 3. The second-order valence-electron chi connectivity index (χ2n) is 5.52. The van der Waals surface area contributed by atoms with E-state index >= 15 is 0 Å². The molecule has 2 amide bonds. The minimum atomic E-state index is -0.980. The van der Waals surface area contributed by atoms with Crippen LogP contribution in [0.1, 0.15) is 27.2 Å². The van der Waals surface area contributed by atoms with Crippen molar-refractivity contribution >= 4 is 41.0 Å². The van der Waals surface area contributed by atoms with E-state index in [1.165, 1.54) is 19.1 Å². The molecule has 0 aliphatic rings. The SMILES string of the molecule is CCCNC(=O)[C@H](C)NC(=O)COC(=O)[C@H](C)Oc1ccc(Cl)cc1Cl. The van der Waals surface area contributed by atoms with Crippen LogP contribution in [0.25, 0.3) is 0 Å². The number of halogens is 2. The van der Waals surface area contributed by atoms with E-state index in [2.05, 4.69) is 10.6 Å². The number of rotatable bonds is 9. The Labute approximate surface area is 162 Å². The van der Waals surface area contributed by atoms with Crippen LogP contribution in [0, 0.1) is 0 Å². The molecule has 9 heteroatoms. The van der Waals surface area contributed by atoms with Gasteiger partial charge in [0.1, 0.15) is 11.8 Å². The lowest BCUT2D eigenvalue weighted by molar-refractivity contribution is -0.155. The van der Waals surface area contributed by atoms with Crippen LogP contribution in [0.4, 0.5) is 0 Å². The zero-order valence-electron chi connectivity index (χ0n) is 14.8. The molecule has 0 aliphatic heterocycles. The van der Waals surface area contributed by atoms with Crippen molar-refractivity contribution in [1.29, 1.82) is 0 Å². The molecular formula is C17H22Cl2N2O5. The molecule has 2 N–H and O–H groups in total. The van der Waals surface area contributed by atoms with E-state index in [-0.39, 0.29) is 16.7 Å². The van der Waals surface area contributed by atoms with Crippen LogP contribution >= 0.6 is 23.2 Å². The Kier molecular flexibility index (Phi) is 9.23. The van der Waals surface area contributed by atoms with Gasteiger partial charge in [0, 0.05) is 11.6 Å². The molecule has 0 aromatic heterocycles. The van der Waals surface area contributed by atoms with Crippen molar-refractivity contribution in [3.8, 4) is 5.75 Å². The van der Waals surface area contributed by atoms with Crippen LogP contribution in [-0.4, -0.2) is 43.1 Å². The highest BCUT2D eigenvalue weighted by Gasteiger charge is 2.20. The molecule has 0 saturated heterocycles. The predicted octanol–water partition coefficient (Wildman–Crippen LogP) is 2.33. The van der Waals surface area contributed by atoms with Crippen molar-refractivity contribution in [1.82, 2.24) is 10.6 Å². The van der Waals surface area contributed by atoms with Gasteiger partial charge >= 0.3 is 5.97 Å². The van der Waals surface area contributed by atoms with E-state index in [1.807, 2.05) is 6.92 Å². The summed E-state index contributed by atoms with van der Waals surface area (Å²) in [7, 11) is 0. The van der Waals surface area contributed by atoms with Gasteiger partial charge in [-0.2, -0.15) is 0 Å². The van der Waals surface area contributed by atoms with Crippen LogP contribution in [0.5, 0.6) is 5.75 Å². The largest absolute Gasteiger partial charge is 0.477 e. The highest BCUT2D eigenvalue weighted by atomic mass is 35.5. The Hall–Kier alpha value is -1.99. The van der Waals surface area contributed by atoms with Gasteiger partial charge in [-0.25, -0.2) is 4.79 Å². The van der Waals surface area contributed by atoms with E-state index in [1.54, 1.807) is 13.0 Å². The molecule has 1 aromatic rings. The third kappa shape index (κ3) is 7.49. The molecule has 0 heterocycles. The molecular weight excluding hydrogens is 383 g/mol. The van der Waals surface area contributed by atoms with Crippen LogP contribution < -0.4 is 15.4 Å². The number of hydrogen-bond acceptors (Lipinski definition) is 5. The lowest BCUT2D eigenvalue weighted by atomic mass is 10.3. The van der Waals surface area contributed by atoms with Gasteiger partial charge in [-0.05, 0) is 38.5 Å². The van der Waals surface area contributed by atoms with Gasteiger partial charge in [0.05, 0.1) is 5.02 Å². The van der Waals surface area contributed by atoms with Gasteiger partial charge in [0.15, 0.2) is 12.7 Å². The number of ether oxygens (including phenoxy) is 2. The monoisotopic (exact) mass is 404 g/mol. The van der Waals surface area contributed by atoms with Crippen molar-refractivity contribution in [3.63, 3.8) is 0 Å². The number of benzene rings is 1. The summed E-state index contributed by atoms with van der Waals surface area (Å²) >= 11 is 11.8. The van der Waals surface area contributed by atoms with Gasteiger partial charge in [-0.3, -0.25) is 9.59 Å². The molecule has 1 rings (SSSR count). The van der Waals surface area contributed by atoms with Crippen LogP contribution in [0.2, 0.25) is 10.0 Å². The predicted molar refractivity (Wildman–Crippen MR) is 98.4 cm³/mol. The lowest BCUT2D eigenvalue weighted by Gasteiger charge is -2.16. The van der Waals surface area contributed by atoms with Crippen molar-refractivity contribution in [3.05, 3.63) is 28.2 Å². The normalized spacial score (nSPS) is 12.7.